The van der Waals surface area contributed by atoms with Crippen LogP contribution in [0.4, 0.5) is 0 Å². The van der Waals surface area contributed by atoms with Crippen molar-refractivity contribution in [3.05, 3.63) is 34.3 Å². The molecule has 1 aromatic rings. The van der Waals surface area contributed by atoms with Crippen molar-refractivity contribution in [3.8, 4) is 0 Å². The average molecular weight is 261 g/mol. The second-order valence-electron chi connectivity index (χ2n) is 6.34. The predicted molar refractivity (Wildman–Crippen MR) is 71.8 cm³/mol. The van der Waals surface area contributed by atoms with Crippen LogP contribution in [0.25, 0.3) is 0 Å². The highest BCUT2D eigenvalue weighted by atomic mass is 35.5. The standard InChI is InChI=1S/C16H17ClO/c1-8-2-3-11(7-12(8)17)16(18)15-13-9-4-5-10(6-9)14(13)15/h2-3,7,9-10,13-15H,4-6H2,1H3. The molecule has 3 aliphatic carbocycles. The Morgan fingerprint density at radius 2 is 1.89 bits per heavy atom. The van der Waals surface area contributed by atoms with Gasteiger partial charge in [0.1, 0.15) is 0 Å². The first-order valence-electron chi connectivity index (χ1n) is 6.97. The van der Waals surface area contributed by atoms with Crippen molar-refractivity contribution >= 4 is 17.4 Å². The van der Waals surface area contributed by atoms with Crippen LogP contribution in [0.1, 0.15) is 35.2 Å². The van der Waals surface area contributed by atoms with Crippen molar-refractivity contribution in [2.75, 3.05) is 0 Å². The molecule has 3 fully saturated rings. The topological polar surface area (TPSA) is 17.1 Å². The van der Waals surface area contributed by atoms with Gasteiger partial charge in [0, 0.05) is 16.5 Å². The van der Waals surface area contributed by atoms with Gasteiger partial charge in [-0.25, -0.2) is 0 Å². The molecule has 1 nitrogen and oxygen atoms in total. The second kappa shape index (κ2) is 3.60. The minimum Gasteiger partial charge on any atom is -0.294 e. The number of halogens is 1. The van der Waals surface area contributed by atoms with Gasteiger partial charge in [0.25, 0.3) is 0 Å². The molecular weight excluding hydrogens is 244 g/mol. The Bertz CT molecular complexity index is 520. The van der Waals surface area contributed by atoms with Crippen LogP contribution in [-0.4, -0.2) is 5.78 Å². The maximum Gasteiger partial charge on any atom is 0.166 e. The molecule has 0 spiro atoms. The number of aryl methyl sites for hydroxylation is 1. The zero-order valence-electron chi connectivity index (χ0n) is 10.5. The van der Waals surface area contributed by atoms with E-state index in [-0.39, 0.29) is 0 Å². The summed E-state index contributed by atoms with van der Waals surface area (Å²) in [5.74, 6) is 3.83. The van der Waals surface area contributed by atoms with Crippen LogP contribution in [-0.2, 0) is 0 Å². The average Bonchev–Trinajstić information content (AvgIpc) is 2.80. The molecule has 0 aliphatic heterocycles. The van der Waals surface area contributed by atoms with Gasteiger partial charge in [-0.2, -0.15) is 0 Å². The largest absolute Gasteiger partial charge is 0.294 e. The quantitative estimate of drug-likeness (QED) is 0.731. The predicted octanol–water partition coefficient (Wildman–Crippen LogP) is 4.12. The van der Waals surface area contributed by atoms with Crippen LogP contribution in [0.15, 0.2) is 18.2 Å². The Balaban J connectivity index is 1.60. The SMILES string of the molecule is Cc1ccc(C(=O)C2C3C4CCC(C4)C23)cc1Cl. The number of hydrogen-bond acceptors (Lipinski definition) is 1. The van der Waals surface area contributed by atoms with Crippen LogP contribution in [0, 0.1) is 36.5 Å². The number of fused-ring (bicyclic) bond motifs is 5. The third kappa shape index (κ3) is 1.37. The van der Waals surface area contributed by atoms with E-state index in [0.717, 1.165) is 39.8 Å². The van der Waals surface area contributed by atoms with Gasteiger partial charge in [-0.1, -0.05) is 23.7 Å². The smallest absolute Gasteiger partial charge is 0.166 e. The summed E-state index contributed by atoms with van der Waals surface area (Å²) < 4.78 is 0. The Morgan fingerprint density at radius 1 is 1.22 bits per heavy atom. The third-order valence-corrected chi connectivity index (χ3v) is 5.90. The van der Waals surface area contributed by atoms with E-state index in [0.29, 0.717) is 11.7 Å². The summed E-state index contributed by atoms with van der Waals surface area (Å²) >= 11 is 6.12. The molecule has 2 bridgehead atoms. The van der Waals surface area contributed by atoms with Crippen molar-refractivity contribution in [2.24, 2.45) is 29.6 Å². The summed E-state index contributed by atoms with van der Waals surface area (Å²) in [6.45, 7) is 1.97. The van der Waals surface area contributed by atoms with E-state index in [1.54, 1.807) is 0 Å². The van der Waals surface area contributed by atoms with E-state index in [4.69, 9.17) is 11.6 Å². The molecule has 2 heteroatoms. The van der Waals surface area contributed by atoms with Crippen LogP contribution in [0.2, 0.25) is 5.02 Å². The number of hydrogen-bond donors (Lipinski definition) is 0. The summed E-state index contributed by atoms with van der Waals surface area (Å²) in [7, 11) is 0. The minimum absolute atomic E-state index is 0.329. The van der Waals surface area contributed by atoms with Crippen molar-refractivity contribution in [3.63, 3.8) is 0 Å². The summed E-state index contributed by atoms with van der Waals surface area (Å²) in [5.41, 5.74) is 1.87. The fraction of sp³-hybridized carbons (Fsp3) is 0.562. The Hall–Kier alpha value is -0.820. The van der Waals surface area contributed by atoms with E-state index in [1.165, 1.54) is 19.3 Å². The molecule has 0 saturated heterocycles. The fourth-order valence-corrected chi connectivity index (χ4v) is 4.79. The number of benzene rings is 1. The van der Waals surface area contributed by atoms with Gasteiger partial charge in [-0.15, -0.1) is 0 Å². The van der Waals surface area contributed by atoms with Crippen molar-refractivity contribution in [1.29, 1.82) is 0 Å². The first-order chi connectivity index (χ1) is 8.66. The highest BCUT2D eigenvalue weighted by molar-refractivity contribution is 6.31. The Morgan fingerprint density at radius 3 is 2.50 bits per heavy atom. The number of Topliss-reactive ketones (excluding diaryl/α,β-unsaturated/α-hetero) is 1. The molecule has 0 heterocycles. The molecule has 0 N–H and O–H groups in total. The molecule has 4 unspecified atom stereocenters. The fourth-order valence-electron chi connectivity index (χ4n) is 4.61. The van der Waals surface area contributed by atoms with Crippen LogP contribution >= 0.6 is 11.6 Å². The molecule has 18 heavy (non-hydrogen) atoms. The van der Waals surface area contributed by atoms with E-state index in [2.05, 4.69) is 0 Å². The van der Waals surface area contributed by atoms with Gasteiger partial charge >= 0.3 is 0 Å². The summed E-state index contributed by atoms with van der Waals surface area (Å²) in [6, 6.07) is 5.76. The molecule has 0 amide bonds. The van der Waals surface area contributed by atoms with Gasteiger partial charge in [0.05, 0.1) is 0 Å². The molecule has 1 aromatic carbocycles. The number of carbonyl (C=O) groups excluding carboxylic acids is 1. The maximum absolute atomic E-state index is 12.5. The van der Waals surface area contributed by atoms with Gasteiger partial charge in [-0.3, -0.25) is 4.79 Å². The van der Waals surface area contributed by atoms with E-state index >= 15 is 0 Å². The normalized spacial score (nSPS) is 39.8. The van der Waals surface area contributed by atoms with Gasteiger partial charge < -0.3 is 0 Å². The molecule has 4 atom stereocenters. The first-order valence-corrected chi connectivity index (χ1v) is 7.35. The van der Waals surface area contributed by atoms with Crippen LogP contribution < -0.4 is 0 Å². The lowest BCUT2D eigenvalue weighted by atomic mass is 9.96. The van der Waals surface area contributed by atoms with E-state index in [9.17, 15) is 4.79 Å². The summed E-state index contributed by atoms with van der Waals surface area (Å²) in [6.07, 6.45) is 4.13. The van der Waals surface area contributed by atoms with Crippen LogP contribution in [0.5, 0.6) is 0 Å². The highest BCUT2D eigenvalue weighted by Crippen LogP contribution is 2.69. The van der Waals surface area contributed by atoms with Crippen molar-refractivity contribution < 1.29 is 4.79 Å². The molecule has 4 rings (SSSR count). The minimum atomic E-state index is 0.329. The van der Waals surface area contributed by atoms with Crippen molar-refractivity contribution in [2.45, 2.75) is 26.2 Å². The molecule has 94 valence electrons. The van der Waals surface area contributed by atoms with Gasteiger partial charge in [-0.05, 0) is 61.5 Å². The lowest BCUT2D eigenvalue weighted by Crippen LogP contribution is -2.10. The monoisotopic (exact) mass is 260 g/mol. The lowest BCUT2D eigenvalue weighted by Gasteiger charge is -2.08. The van der Waals surface area contributed by atoms with Crippen molar-refractivity contribution in [1.82, 2.24) is 0 Å². The van der Waals surface area contributed by atoms with E-state index < -0.39 is 0 Å². The highest BCUT2D eigenvalue weighted by Gasteiger charge is 2.67. The molecule has 3 aliphatic rings. The second-order valence-corrected chi connectivity index (χ2v) is 6.75. The van der Waals surface area contributed by atoms with E-state index in [1.807, 2.05) is 25.1 Å². The summed E-state index contributed by atoms with van der Waals surface area (Å²) in [4.78, 5) is 12.5. The summed E-state index contributed by atoms with van der Waals surface area (Å²) in [5, 5.41) is 0.717. The number of carbonyl (C=O) groups is 1. The molecule has 0 radical (unpaired) electrons. The zero-order valence-corrected chi connectivity index (χ0v) is 11.3. The molecule has 3 saturated carbocycles. The Labute approximate surface area is 113 Å². The molecular formula is C16H17ClO. The lowest BCUT2D eigenvalue weighted by molar-refractivity contribution is 0.0944. The molecule has 0 aromatic heterocycles. The number of rotatable bonds is 2. The zero-order chi connectivity index (χ0) is 12.4. The van der Waals surface area contributed by atoms with Crippen LogP contribution in [0.3, 0.4) is 0 Å². The maximum atomic E-state index is 12.5. The first kappa shape index (κ1) is 11.0. The Kier molecular flexibility index (Phi) is 2.21. The number of ketones is 1. The van der Waals surface area contributed by atoms with Gasteiger partial charge in [0.2, 0.25) is 0 Å². The van der Waals surface area contributed by atoms with Gasteiger partial charge in [0.15, 0.2) is 5.78 Å². The third-order valence-electron chi connectivity index (χ3n) is 5.49.